The van der Waals surface area contributed by atoms with Crippen LogP contribution in [0.1, 0.15) is 22.0 Å². The van der Waals surface area contributed by atoms with Crippen molar-refractivity contribution in [3.63, 3.8) is 0 Å². The van der Waals surface area contributed by atoms with Crippen molar-refractivity contribution in [1.82, 2.24) is 20.4 Å². The van der Waals surface area contributed by atoms with E-state index in [1.165, 1.54) is 18.3 Å². The van der Waals surface area contributed by atoms with E-state index >= 15 is 0 Å². The summed E-state index contributed by atoms with van der Waals surface area (Å²) in [5, 5.41) is 10.6. The summed E-state index contributed by atoms with van der Waals surface area (Å²) in [6.07, 6.45) is 1.51. The van der Waals surface area contributed by atoms with Gasteiger partial charge in [0, 0.05) is 30.2 Å². The summed E-state index contributed by atoms with van der Waals surface area (Å²) >= 11 is 5.96. The lowest BCUT2D eigenvalue weighted by Gasteiger charge is -2.35. The third kappa shape index (κ3) is 4.70. The van der Waals surface area contributed by atoms with Gasteiger partial charge in [0.2, 0.25) is 0 Å². The molecule has 8 heteroatoms. The number of benzene rings is 2. The highest BCUT2D eigenvalue weighted by Crippen LogP contribution is 2.24. The zero-order valence-electron chi connectivity index (χ0n) is 16.3. The number of H-pyrrole nitrogens is 1. The Morgan fingerprint density at radius 1 is 1.17 bits per heavy atom. The van der Waals surface area contributed by atoms with Crippen LogP contribution in [0.25, 0.3) is 11.3 Å². The maximum Gasteiger partial charge on any atom is 0.255 e. The minimum Gasteiger partial charge on any atom is -0.379 e. The van der Waals surface area contributed by atoms with Crippen molar-refractivity contribution in [1.29, 1.82) is 0 Å². The first-order valence-electron chi connectivity index (χ1n) is 9.76. The van der Waals surface area contributed by atoms with E-state index in [1.807, 2.05) is 12.1 Å². The molecule has 1 atom stereocenters. The van der Waals surface area contributed by atoms with E-state index in [-0.39, 0.29) is 17.8 Å². The number of nitrogens with one attached hydrogen (secondary N) is 2. The van der Waals surface area contributed by atoms with Gasteiger partial charge in [-0.3, -0.25) is 14.8 Å². The third-order valence-electron chi connectivity index (χ3n) is 5.21. The molecule has 1 aliphatic rings. The molecule has 30 heavy (non-hydrogen) atoms. The summed E-state index contributed by atoms with van der Waals surface area (Å²) in [5.41, 5.74) is 2.86. The Balaban J connectivity index is 1.51. The van der Waals surface area contributed by atoms with Crippen LogP contribution >= 0.6 is 11.6 Å². The van der Waals surface area contributed by atoms with Gasteiger partial charge >= 0.3 is 0 Å². The van der Waals surface area contributed by atoms with Gasteiger partial charge in [-0.15, -0.1) is 0 Å². The highest BCUT2D eigenvalue weighted by Gasteiger charge is 2.24. The highest BCUT2D eigenvalue weighted by atomic mass is 35.5. The van der Waals surface area contributed by atoms with Gasteiger partial charge in [0.05, 0.1) is 36.7 Å². The fourth-order valence-electron chi connectivity index (χ4n) is 3.61. The van der Waals surface area contributed by atoms with Gasteiger partial charge in [0.15, 0.2) is 0 Å². The van der Waals surface area contributed by atoms with Gasteiger partial charge in [-0.05, 0) is 29.8 Å². The van der Waals surface area contributed by atoms with Crippen molar-refractivity contribution in [2.24, 2.45) is 0 Å². The van der Waals surface area contributed by atoms with Crippen LogP contribution in [0, 0.1) is 5.82 Å². The molecule has 1 aliphatic heterocycles. The molecule has 1 saturated heterocycles. The van der Waals surface area contributed by atoms with Gasteiger partial charge in [-0.25, -0.2) is 4.39 Å². The molecule has 3 aromatic rings. The van der Waals surface area contributed by atoms with Crippen molar-refractivity contribution in [2.75, 3.05) is 32.8 Å². The molecule has 0 spiro atoms. The number of ether oxygens (including phenoxy) is 1. The van der Waals surface area contributed by atoms with Crippen LogP contribution in [0.3, 0.4) is 0 Å². The van der Waals surface area contributed by atoms with Gasteiger partial charge in [0.25, 0.3) is 5.91 Å². The van der Waals surface area contributed by atoms with Crippen LogP contribution in [0.5, 0.6) is 0 Å². The van der Waals surface area contributed by atoms with Crippen LogP contribution in [0.2, 0.25) is 5.02 Å². The molecular formula is C22H22ClFN4O2. The Kier molecular flexibility index (Phi) is 6.42. The van der Waals surface area contributed by atoms with Crippen LogP contribution in [0.15, 0.2) is 54.7 Å². The summed E-state index contributed by atoms with van der Waals surface area (Å²) in [6.45, 7) is 3.15. The van der Waals surface area contributed by atoms with Gasteiger partial charge < -0.3 is 10.1 Å². The minimum atomic E-state index is -0.283. The van der Waals surface area contributed by atoms with Crippen molar-refractivity contribution < 1.29 is 13.9 Å². The second-order valence-electron chi connectivity index (χ2n) is 7.09. The second-order valence-corrected chi connectivity index (χ2v) is 7.53. The SMILES string of the molecule is O=C(NCC(c1ccc(F)cc1)N1CCOCC1)c1cn[nH]c1-c1ccc(Cl)cc1. The zero-order valence-corrected chi connectivity index (χ0v) is 17.0. The van der Waals surface area contributed by atoms with Gasteiger partial charge in [-0.1, -0.05) is 35.9 Å². The number of morpholine rings is 1. The summed E-state index contributed by atoms with van der Waals surface area (Å²) in [6, 6.07) is 13.5. The summed E-state index contributed by atoms with van der Waals surface area (Å²) in [7, 11) is 0. The third-order valence-corrected chi connectivity index (χ3v) is 5.47. The number of rotatable bonds is 6. The quantitative estimate of drug-likeness (QED) is 0.628. The van der Waals surface area contributed by atoms with E-state index in [2.05, 4.69) is 20.4 Å². The highest BCUT2D eigenvalue weighted by molar-refractivity contribution is 6.30. The van der Waals surface area contributed by atoms with Crippen LogP contribution in [0.4, 0.5) is 4.39 Å². The van der Waals surface area contributed by atoms with Crippen molar-refractivity contribution in [3.8, 4) is 11.3 Å². The fraction of sp³-hybridized carbons (Fsp3) is 0.273. The number of hydrogen-bond donors (Lipinski definition) is 2. The number of nitrogens with zero attached hydrogens (tertiary/aromatic N) is 2. The number of carbonyl (C=O) groups is 1. The number of amides is 1. The summed E-state index contributed by atoms with van der Waals surface area (Å²) < 4.78 is 18.9. The van der Waals surface area contributed by atoms with Crippen molar-refractivity contribution >= 4 is 17.5 Å². The predicted octanol–water partition coefficient (Wildman–Crippen LogP) is 3.67. The molecule has 1 unspecified atom stereocenters. The first-order valence-corrected chi connectivity index (χ1v) is 10.1. The van der Waals surface area contributed by atoms with Crippen LogP contribution < -0.4 is 5.32 Å². The molecule has 0 saturated carbocycles. The maximum absolute atomic E-state index is 13.4. The average molecular weight is 429 g/mol. The molecule has 4 rings (SSSR count). The van der Waals surface area contributed by atoms with Gasteiger partial charge in [0.1, 0.15) is 5.82 Å². The predicted molar refractivity (Wildman–Crippen MR) is 113 cm³/mol. The lowest BCUT2D eigenvalue weighted by molar-refractivity contribution is 0.0162. The normalized spacial score (nSPS) is 15.7. The molecule has 0 aliphatic carbocycles. The molecule has 2 heterocycles. The Morgan fingerprint density at radius 2 is 1.87 bits per heavy atom. The van der Waals surface area contributed by atoms with E-state index in [0.717, 1.165) is 24.2 Å². The molecule has 1 fully saturated rings. The lowest BCUT2D eigenvalue weighted by Crippen LogP contribution is -2.43. The molecule has 6 nitrogen and oxygen atoms in total. The van der Waals surface area contributed by atoms with E-state index in [1.54, 1.807) is 24.3 Å². The number of aromatic nitrogens is 2. The second kappa shape index (κ2) is 9.38. The molecule has 0 radical (unpaired) electrons. The average Bonchev–Trinajstić information content (AvgIpc) is 3.26. The lowest BCUT2D eigenvalue weighted by atomic mass is 10.0. The topological polar surface area (TPSA) is 70.2 Å². The van der Waals surface area contributed by atoms with Crippen LogP contribution in [-0.4, -0.2) is 53.9 Å². The molecule has 1 amide bonds. The molecule has 1 aromatic heterocycles. The first-order chi connectivity index (χ1) is 14.6. The number of carbonyl (C=O) groups excluding carboxylic acids is 1. The minimum absolute atomic E-state index is 0.0793. The Morgan fingerprint density at radius 3 is 2.57 bits per heavy atom. The first kappa shape index (κ1) is 20.5. The van der Waals surface area contributed by atoms with E-state index in [0.29, 0.717) is 36.0 Å². The summed E-state index contributed by atoms with van der Waals surface area (Å²) in [5.74, 6) is -0.511. The standard InChI is InChI=1S/C22H22ClFN4O2/c23-17-5-1-16(2-6-17)21-19(13-26-27-21)22(29)25-14-20(28-9-11-30-12-10-28)15-3-7-18(24)8-4-15/h1-8,13,20H,9-12,14H2,(H,25,29)(H,26,27). The summed E-state index contributed by atoms with van der Waals surface area (Å²) in [4.78, 5) is 15.2. The van der Waals surface area contributed by atoms with E-state index in [9.17, 15) is 9.18 Å². The largest absolute Gasteiger partial charge is 0.379 e. The molecule has 2 aromatic carbocycles. The molecular weight excluding hydrogens is 407 g/mol. The molecule has 2 N–H and O–H groups in total. The Bertz CT molecular complexity index is 985. The number of aromatic amines is 1. The Labute approximate surface area is 179 Å². The maximum atomic E-state index is 13.4. The number of halogens is 2. The number of hydrogen-bond acceptors (Lipinski definition) is 4. The van der Waals surface area contributed by atoms with E-state index in [4.69, 9.17) is 16.3 Å². The monoisotopic (exact) mass is 428 g/mol. The van der Waals surface area contributed by atoms with E-state index < -0.39 is 0 Å². The molecule has 156 valence electrons. The van der Waals surface area contributed by atoms with Gasteiger partial charge in [-0.2, -0.15) is 5.10 Å². The molecule has 0 bridgehead atoms. The Hall–Kier alpha value is -2.74. The van der Waals surface area contributed by atoms with Crippen LogP contribution in [-0.2, 0) is 4.74 Å². The smallest absolute Gasteiger partial charge is 0.255 e. The fourth-order valence-corrected chi connectivity index (χ4v) is 3.74. The zero-order chi connectivity index (χ0) is 20.9. The van der Waals surface area contributed by atoms with Crippen molar-refractivity contribution in [3.05, 3.63) is 76.7 Å². The van der Waals surface area contributed by atoms with Crippen molar-refractivity contribution in [2.45, 2.75) is 6.04 Å².